The van der Waals surface area contributed by atoms with Crippen molar-refractivity contribution in [3.63, 3.8) is 0 Å². The van der Waals surface area contributed by atoms with Crippen LogP contribution in [0.3, 0.4) is 0 Å². The highest BCUT2D eigenvalue weighted by atomic mass is 15.1. The molecule has 1 fully saturated rings. The van der Waals surface area contributed by atoms with Crippen LogP contribution >= 0.6 is 0 Å². The van der Waals surface area contributed by atoms with Crippen LogP contribution in [-0.2, 0) is 6.42 Å². The third kappa shape index (κ3) is 4.05. The molecular weight excluding hydrogens is 232 g/mol. The molecule has 0 radical (unpaired) electrons. The molecular formula is C17H28N2. The molecule has 106 valence electrons. The zero-order valence-corrected chi connectivity index (χ0v) is 12.7. The Morgan fingerprint density at radius 1 is 1.26 bits per heavy atom. The van der Waals surface area contributed by atoms with Crippen LogP contribution in [0, 0.1) is 11.3 Å². The monoisotopic (exact) mass is 260 g/mol. The van der Waals surface area contributed by atoms with Gasteiger partial charge in [-0.15, -0.1) is 0 Å². The summed E-state index contributed by atoms with van der Waals surface area (Å²) < 4.78 is 0. The number of benzene rings is 1. The van der Waals surface area contributed by atoms with Crippen molar-refractivity contribution < 1.29 is 0 Å². The molecule has 1 saturated heterocycles. The SMILES string of the molecule is CNCC1CN(CCc2ccccc2)CCC1(C)C. The summed E-state index contributed by atoms with van der Waals surface area (Å²) >= 11 is 0. The highest BCUT2D eigenvalue weighted by Crippen LogP contribution is 2.35. The second-order valence-corrected chi connectivity index (χ2v) is 6.53. The highest BCUT2D eigenvalue weighted by Gasteiger charge is 2.34. The predicted octanol–water partition coefficient (Wildman–Crippen LogP) is 2.80. The summed E-state index contributed by atoms with van der Waals surface area (Å²) in [6.07, 6.45) is 2.49. The van der Waals surface area contributed by atoms with Crippen LogP contribution in [0.1, 0.15) is 25.8 Å². The summed E-state index contributed by atoms with van der Waals surface area (Å²) in [5.74, 6) is 0.766. The average molecular weight is 260 g/mol. The molecule has 0 aliphatic carbocycles. The number of hydrogen-bond donors (Lipinski definition) is 1. The van der Waals surface area contributed by atoms with Crippen molar-refractivity contribution in [2.24, 2.45) is 11.3 Å². The van der Waals surface area contributed by atoms with E-state index in [1.54, 1.807) is 0 Å². The van der Waals surface area contributed by atoms with Crippen molar-refractivity contribution in [1.82, 2.24) is 10.2 Å². The molecule has 0 amide bonds. The molecule has 1 aromatic rings. The van der Waals surface area contributed by atoms with Crippen molar-refractivity contribution >= 4 is 0 Å². The van der Waals surface area contributed by atoms with E-state index in [0.717, 1.165) is 12.5 Å². The van der Waals surface area contributed by atoms with Gasteiger partial charge in [0.1, 0.15) is 0 Å². The summed E-state index contributed by atoms with van der Waals surface area (Å²) in [5.41, 5.74) is 1.93. The smallest absolute Gasteiger partial charge is 0.00271 e. The van der Waals surface area contributed by atoms with E-state index in [4.69, 9.17) is 0 Å². The summed E-state index contributed by atoms with van der Waals surface area (Å²) in [4.78, 5) is 2.64. The van der Waals surface area contributed by atoms with E-state index in [1.807, 2.05) is 0 Å². The third-order valence-electron chi connectivity index (χ3n) is 4.67. The van der Waals surface area contributed by atoms with Gasteiger partial charge >= 0.3 is 0 Å². The Kier molecular flexibility index (Phi) is 5.00. The molecule has 2 heteroatoms. The van der Waals surface area contributed by atoms with Gasteiger partial charge in [0.2, 0.25) is 0 Å². The molecule has 0 bridgehead atoms. The second kappa shape index (κ2) is 6.53. The Hall–Kier alpha value is -0.860. The molecule has 1 aliphatic heterocycles. The van der Waals surface area contributed by atoms with Crippen LogP contribution in [-0.4, -0.2) is 38.1 Å². The van der Waals surface area contributed by atoms with Gasteiger partial charge in [0.15, 0.2) is 0 Å². The first-order valence-corrected chi connectivity index (χ1v) is 7.53. The first-order valence-electron chi connectivity index (χ1n) is 7.53. The Balaban J connectivity index is 1.85. The molecule has 1 aliphatic rings. The molecule has 0 aromatic heterocycles. The van der Waals surface area contributed by atoms with E-state index in [-0.39, 0.29) is 0 Å². The Morgan fingerprint density at radius 3 is 2.68 bits per heavy atom. The largest absolute Gasteiger partial charge is 0.319 e. The van der Waals surface area contributed by atoms with Crippen molar-refractivity contribution in [1.29, 1.82) is 0 Å². The summed E-state index contributed by atoms with van der Waals surface area (Å²) in [6.45, 7) is 9.66. The van der Waals surface area contributed by atoms with Crippen LogP contribution in [0.15, 0.2) is 30.3 Å². The maximum absolute atomic E-state index is 3.36. The molecule has 2 rings (SSSR count). The van der Waals surface area contributed by atoms with Crippen molar-refractivity contribution in [2.75, 3.05) is 33.2 Å². The maximum Gasteiger partial charge on any atom is 0.00271 e. The van der Waals surface area contributed by atoms with E-state index >= 15 is 0 Å². The topological polar surface area (TPSA) is 15.3 Å². The molecule has 1 atom stereocenters. The Labute approximate surface area is 118 Å². The highest BCUT2D eigenvalue weighted by molar-refractivity contribution is 5.14. The summed E-state index contributed by atoms with van der Waals surface area (Å²) in [6, 6.07) is 10.8. The van der Waals surface area contributed by atoms with E-state index in [1.165, 1.54) is 38.0 Å². The minimum Gasteiger partial charge on any atom is -0.319 e. The van der Waals surface area contributed by atoms with Gasteiger partial charge in [-0.05, 0) is 49.9 Å². The number of piperidine rings is 1. The van der Waals surface area contributed by atoms with Gasteiger partial charge in [0.05, 0.1) is 0 Å². The average Bonchev–Trinajstić information content (AvgIpc) is 2.41. The van der Waals surface area contributed by atoms with Crippen molar-refractivity contribution in [2.45, 2.75) is 26.7 Å². The van der Waals surface area contributed by atoms with Crippen LogP contribution in [0.4, 0.5) is 0 Å². The zero-order chi connectivity index (χ0) is 13.7. The molecule has 0 saturated carbocycles. The van der Waals surface area contributed by atoms with Crippen LogP contribution in [0.2, 0.25) is 0 Å². The maximum atomic E-state index is 3.36. The fourth-order valence-electron chi connectivity index (χ4n) is 3.02. The predicted molar refractivity (Wildman–Crippen MR) is 82.4 cm³/mol. The van der Waals surface area contributed by atoms with Gasteiger partial charge in [0.25, 0.3) is 0 Å². The lowest BCUT2D eigenvalue weighted by Gasteiger charge is -2.44. The summed E-state index contributed by atoms with van der Waals surface area (Å²) in [7, 11) is 2.07. The minimum absolute atomic E-state index is 0.478. The molecule has 19 heavy (non-hydrogen) atoms. The van der Waals surface area contributed by atoms with Gasteiger partial charge in [-0.25, -0.2) is 0 Å². The van der Waals surface area contributed by atoms with E-state index in [0.29, 0.717) is 5.41 Å². The van der Waals surface area contributed by atoms with Crippen LogP contribution in [0.25, 0.3) is 0 Å². The lowest BCUT2D eigenvalue weighted by atomic mass is 9.73. The molecule has 2 nitrogen and oxygen atoms in total. The molecule has 1 unspecified atom stereocenters. The van der Waals surface area contributed by atoms with Gasteiger partial charge in [0, 0.05) is 13.1 Å². The quantitative estimate of drug-likeness (QED) is 0.876. The standard InChI is InChI=1S/C17H28N2/c1-17(2)10-12-19(14-16(17)13-18-3)11-9-15-7-5-4-6-8-15/h4-8,16,18H,9-14H2,1-3H3. The van der Waals surface area contributed by atoms with Crippen LogP contribution in [0.5, 0.6) is 0 Å². The first-order chi connectivity index (χ1) is 9.12. The fraction of sp³-hybridized carbons (Fsp3) is 0.647. The molecule has 1 heterocycles. The number of nitrogens with zero attached hydrogens (tertiary/aromatic N) is 1. The molecule has 1 aromatic carbocycles. The first kappa shape index (κ1) is 14.5. The Bertz CT molecular complexity index is 372. The molecule has 0 spiro atoms. The zero-order valence-electron chi connectivity index (χ0n) is 12.7. The Morgan fingerprint density at radius 2 is 2.00 bits per heavy atom. The number of nitrogens with one attached hydrogen (secondary N) is 1. The summed E-state index contributed by atoms with van der Waals surface area (Å²) in [5, 5.41) is 3.36. The van der Waals surface area contributed by atoms with Gasteiger partial charge in [-0.3, -0.25) is 0 Å². The number of hydrogen-bond acceptors (Lipinski definition) is 2. The minimum atomic E-state index is 0.478. The van der Waals surface area contributed by atoms with E-state index in [9.17, 15) is 0 Å². The number of rotatable bonds is 5. The third-order valence-corrected chi connectivity index (χ3v) is 4.67. The van der Waals surface area contributed by atoms with E-state index in [2.05, 4.69) is 61.4 Å². The van der Waals surface area contributed by atoms with Crippen molar-refractivity contribution in [3.8, 4) is 0 Å². The van der Waals surface area contributed by atoms with Gasteiger partial charge in [-0.1, -0.05) is 44.2 Å². The second-order valence-electron chi connectivity index (χ2n) is 6.53. The fourth-order valence-corrected chi connectivity index (χ4v) is 3.02. The lowest BCUT2D eigenvalue weighted by Crippen LogP contribution is -2.48. The van der Waals surface area contributed by atoms with Gasteiger partial charge in [-0.2, -0.15) is 0 Å². The normalized spacial score (nSPS) is 23.4. The van der Waals surface area contributed by atoms with Crippen molar-refractivity contribution in [3.05, 3.63) is 35.9 Å². The molecule has 1 N–H and O–H groups in total. The van der Waals surface area contributed by atoms with E-state index < -0.39 is 0 Å². The van der Waals surface area contributed by atoms with Crippen LogP contribution < -0.4 is 5.32 Å². The van der Waals surface area contributed by atoms with Gasteiger partial charge < -0.3 is 10.2 Å². The number of likely N-dealkylation sites (tertiary alicyclic amines) is 1. The lowest BCUT2D eigenvalue weighted by molar-refractivity contribution is 0.0618.